The Morgan fingerprint density at radius 3 is 2.74 bits per heavy atom. The number of hydrogen-bond acceptors (Lipinski definition) is 3. The standard InChI is InChI=1S/C14H26ClN3O/c1-4-8-16-14(3,11-19)7-5-6-9-18-12(2)13(15)10-17-18/h10,16,19H,4-9,11H2,1-3H3. The quantitative estimate of drug-likeness (QED) is 0.687. The summed E-state index contributed by atoms with van der Waals surface area (Å²) in [6, 6.07) is 0. The summed E-state index contributed by atoms with van der Waals surface area (Å²) in [6.07, 6.45) is 5.85. The SMILES string of the molecule is CCCNC(C)(CO)CCCCn1ncc(Cl)c1C. The van der Waals surface area contributed by atoms with Crippen molar-refractivity contribution in [3.63, 3.8) is 0 Å². The fourth-order valence-corrected chi connectivity index (χ4v) is 2.22. The van der Waals surface area contributed by atoms with Gasteiger partial charge in [-0.15, -0.1) is 0 Å². The molecule has 4 nitrogen and oxygen atoms in total. The second kappa shape index (κ2) is 7.88. The Labute approximate surface area is 121 Å². The van der Waals surface area contributed by atoms with Crippen LogP contribution in [0.3, 0.4) is 0 Å². The molecule has 0 aromatic carbocycles. The molecule has 0 aliphatic carbocycles. The average Bonchev–Trinajstić information content (AvgIpc) is 2.73. The first-order valence-electron chi connectivity index (χ1n) is 7.06. The summed E-state index contributed by atoms with van der Waals surface area (Å²) < 4.78 is 1.94. The minimum absolute atomic E-state index is 0.160. The van der Waals surface area contributed by atoms with Gasteiger partial charge in [0, 0.05) is 12.1 Å². The van der Waals surface area contributed by atoms with E-state index in [9.17, 15) is 5.11 Å². The molecule has 110 valence electrons. The molecule has 1 unspecified atom stereocenters. The number of nitrogens with one attached hydrogen (secondary N) is 1. The third kappa shape index (κ3) is 5.13. The molecular formula is C14H26ClN3O. The van der Waals surface area contributed by atoms with Gasteiger partial charge >= 0.3 is 0 Å². The second-order valence-corrected chi connectivity index (χ2v) is 5.81. The van der Waals surface area contributed by atoms with Crippen molar-refractivity contribution in [1.82, 2.24) is 15.1 Å². The Kier molecular flexibility index (Phi) is 6.83. The number of hydrogen-bond donors (Lipinski definition) is 2. The van der Waals surface area contributed by atoms with E-state index < -0.39 is 0 Å². The number of aromatic nitrogens is 2. The van der Waals surface area contributed by atoms with Crippen molar-refractivity contribution in [2.24, 2.45) is 0 Å². The zero-order valence-electron chi connectivity index (χ0n) is 12.2. The van der Waals surface area contributed by atoms with Gasteiger partial charge in [-0.2, -0.15) is 5.10 Å². The van der Waals surface area contributed by atoms with Crippen molar-refractivity contribution < 1.29 is 5.11 Å². The van der Waals surface area contributed by atoms with Crippen LogP contribution in [0.5, 0.6) is 0 Å². The molecule has 0 saturated heterocycles. The van der Waals surface area contributed by atoms with Crippen LogP contribution in [0.2, 0.25) is 5.02 Å². The molecule has 2 N–H and O–H groups in total. The van der Waals surface area contributed by atoms with Crippen LogP contribution in [0, 0.1) is 6.92 Å². The molecule has 0 fully saturated rings. The molecule has 0 spiro atoms. The highest BCUT2D eigenvalue weighted by Gasteiger charge is 2.21. The zero-order valence-corrected chi connectivity index (χ0v) is 13.0. The molecule has 1 heterocycles. The van der Waals surface area contributed by atoms with E-state index in [0.717, 1.165) is 49.5 Å². The van der Waals surface area contributed by atoms with Gasteiger partial charge < -0.3 is 10.4 Å². The zero-order chi connectivity index (χ0) is 14.3. The molecule has 1 atom stereocenters. The second-order valence-electron chi connectivity index (χ2n) is 5.40. The van der Waals surface area contributed by atoms with Crippen molar-refractivity contribution in [2.75, 3.05) is 13.2 Å². The van der Waals surface area contributed by atoms with Gasteiger partial charge in [0.1, 0.15) is 0 Å². The summed E-state index contributed by atoms with van der Waals surface area (Å²) >= 11 is 5.97. The molecule has 0 amide bonds. The number of aliphatic hydroxyl groups is 1. The monoisotopic (exact) mass is 287 g/mol. The topological polar surface area (TPSA) is 50.1 Å². The lowest BCUT2D eigenvalue weighted by Gasteiger charge is -2.28. The Morgan fingerprint density at radius 2 is 2.21 bits per heavy atom. The molecule has 0 aliphatic rings. The smallest absolute Gasteiger partial charge is 0.0814 e. The lowest BCUT2D eigenvalue weighted by atomic mass is 9.95. The first-order chi connectivity index (χ1) is 9.02. The summed E-state index contributed by atoms with van der Waals surface area (Å²) in [5.74, 6) is 0. The fourth-order valence-electron chi connectivity index (χ4n) is 2.08. The van der Waals surface area contributed by atoms with E-state index >= 15 is 0 Å². The van der Waals surface area contributed by atoms with E-state index in [4.69, 9.17) is 11.6 Å². The Hall–Kier alpha value is -0.580. The van der Waals surface area contributed by atoms with Crippen LogP contribution in [-0.4, -0.2) is 33.6 Å². The summed E-state index contributed by atoms with van der Waals surface area (Å²) in [5.41, 5.74) is 0.864. The summed E-state index contributed by atoms with van der Waals surface area (Å²) in [6.45, 7) is 8.21. The Bertz CT molecular complexity index is 381. The maximum Gasteiger partial charge on any atom is 0.0814 e. The summed E-state index contributed by atoms with van der Waals surface area (Å²) in [4.78, 5) is 0. The first kappa shape index (κ1) is 16.5. The predicted octanol–water partition coefficient (Wildman–Crippen LogP) is 2.77. The van der Waals surface area contributed by atoms with Gasteiger partial charge in [0.15, 0.2) is 0 Å². The van der Waals surface area contributed by atoms with Gasteiger partial charge in [-0.25, -0.2) is 0 Å². The number of aryl methyl sites for hydroxylation is 1. The van der Waals surface area contributed by atoms with Crippen LogP contribution in [0.15, 0.2) is 6.20 Å². The molecule has 0 bridgehead atoms. The van der Waals surface area contributed by atoms with Crippen LogP contribution in [0.25, 0.3) is 0 Å². The summed E-state index contributed by atoms with van der Waals surface area (Å²) in [7, 11) is 0. The first-order valence-corrected chi connectivity index (χ1v) is 7.44. The van der Waals surface area contributed by atoms with E-state index in [1.54, 1.807) is 6.20 Å². The Morgan fingerprint density at radius 1 is 1.47 bits per heavy atom. The minimum atomic E-state index is -0.160. The Balaban J connectivity index is 2.31. The van der Waals surface area contributed by atoms with E-state index in [2.05, 4.69) is 24.3 Å². The number of halogens is 1. The van der Waals surface area contributed by atoms with Gasteiger partial charge in [-0.05, 0) is 46.1 Å². The van der Waals surface area contributed by atoms with Gasteiger partial charge in [0.25, 0.3) is 0 Å². The van der Waals surface area contributed by atoms with Crippen LogP contribution in [0.4, 0.5) is 0 Å². The molecule has 0 aliphatic heterocycles. The van der Waals surface area contributed by atoms with Crippen LogP contribution in [0.1, 0.15) is 45.2 Å². The molecule has 0 saturated carbocycles. The molecule has 1 rings (SSSR count). The molecule has 1 aromatic rings. The number of rotatable bonds is 9. The average molecular weight is 288 g/mol. The van der Waals surface area contributed by atoms with Gasteiger partial charge in [-0.3, -0.25) is 4.68 Å². The van der Waals surface area contributed by atoms with E-state index in [-0.39, 0.29) is 12.1 Å². The molecule has 19 heavy (non-hydrogen) atoms. The van der Waals surface area contributed by atoms with E-state index in [1.165, 1.54) is 0 Å². The third-order valence-electron chi connectivity index (χ3n) is 3.54. The highest BCUT2D eigenvalue weighted by atomic mass is 35.5. The molecule has 0 radical (unpaired) electrons. The molecule has 5 heteroatoms. The van der Waals surface area contributed by atoms with Crippen molar-refractivity contribution in [1.29, 1.82) is 0 Å². The van der Waals surface area contributed by atoms with Gasteiger partial charge in [-0.1, -0.05) is 18.5 Å². The largest absolute Gasteiger partial charge is 0.394 e. The van der Waals surface area contributed by atoms with Crippen molar-refractivity contribution in [3.8, 4) is 0 Å². The number of unbranched alkanes of at least 4 members (excludes halogenated alkanes) is 1. The van der Waals surface area contributed by atoms with Gasteiger partial charge in [0.2, 0.25) is 0 Å². The highest BCUT2D eigenvalue weighted by molar-refractivity contribution is 6.31. The normalized spacial score (nSPS) is 14.6. The van der Waals surface area contributed by atoms with Crippen LogP contribution >= 0.6 is 11.6 Å². The fraction of sp³-hybridized carbons (Fsp3) is 0.786. The van der Waals surface area contributed by atoms with E-state index in [1.807, 2.05) is 11.6 Å². The van der Waals surface area contributed by atoms with Crippen molar-refractivity contribution >= 4 is 11.6 Å². The van der Waals surface area contributed by atoms with Crippen LogP contribution in [-0.2, 0) is 6.54 Å². The number of nitrogens with zero attached hydrogens (tertiary/aromatic N) is 2. The summed E-state index contributed by atoms with van der Waals surface area (Å²) in [5, 5.41) is 17.9. The lowest BCUT2D eigenvalue weighted by Crippen LogP contribution is -2.46. The van der Waals surface area contributed by atoms with E-state index in [0.29, 0.717) is 0 Å². The maximum absolute atomic E-state index is 9.48. The lowest BCUT2D eigenvalue weighted by molar-refractivity contribution is 0.162. The number of aliphatic hydroxyl groups excluding tert-OH is 1. The van der Waals surface area contributed by atoms with Gasteiger partial charge in [0.05, 0.1) is 23.5 Å². The van der Waals surface area contributed by atoms with Crippen LogP contribution < -0.4 is 5.32 Å². The molecule has 1 aromatic heterocycles. The van der Waals surface area contributed by atoms with Crippen molar-refractivity contribution in [2.45, 2.75) is 58.5 Å². The third-order valence-corrected chi connectivity index (χ3v) is 3.91. The van der Waals surface area contributed by atoms with Crippen molar-refractivity contribution in [3.05, 3.63) is 16.9 Å². The maximum atomic E-state index is 9.48. The predicted molar refractivity (Wildman–Crippen MR) is 79.6 cm³/mol. The highest BCUT2D eigenvalue weighted by Crippen LogP contribution is 2.16. The minimum Gasteiger partial charge on any atom is -0.394 e. The molecular weight excluding hydrogens is 262 g/mol.